The average molecular weight is 595 g/mol. The highest BCUT2D eigenvalue weighted by molar-refractivity contribution is 7.91. The lowest BCUT2D eigenvalue weighted by Gasteiger charge is -2.33. The third-order valence-corrected chi connectivity index (χ3v) is 8.88. The van der Waals surface area contributed by atoms with Gasteiger partial charge in [-0.2, -0.15) is 0 Å². The zero-order chi connectivity index (χ0) is 29.7. The lowest BCUT2D eigenvalue weighted by molar-refractivity contribution is 0.0123. The molecule has 0 radical (unpaired) electrons. The number of sulfone groups is 1. The summed E-state index contributed by atoms with van der Waals surface area (Å²) in [7, 11) is -3.48. The Balaban J connectivity index is 1.16. The van der Waals surface area contributed by atoms with Crippen molar-refractivity contribution < 1.29 is 27.4 Å². The zero-order valence-electron chi connectivity index (χ0n) is 24.4. The van der Waals surface area contributed by atoms with Gasteiger partial charge in [-0.3, -0.25) is 0 Å². The number of carbonyl (C=O) groups excluding carboxylic acids is 1. The number of fused-ring (bicyclic) bond motifs is 1. The number of likely N-dealkylation sites (tertiary alicyclic amines) is 1. The summed E-state index contributed by atoms with van der Waals surface area (Å²) in [4.78, 5) is 25.2. The van der Waals surface area contributed by atoms with Crippen LogP contribution in [0.25, 0.3) is 0 Å². The number of rotatable bonds is 9. The van der Waals surface area contributed by atoms with E-state index in [0.29, 0.717) is 62.1 Å². The number of piperidine rings is 1. The van der Waals surface area contributed by atoms with Gasteiger partial charge in [0.05, 0.1) is 23.9 Å². The van der Waals surface area contributed by atoms with Gasteiger partial charge in [-0.1, -0.05) is 30.3 Å². The number of carbonyl (C=O) groups is 1. The molecule has 1 fully saturated rings. The molecule has 2 aliphatic rings. The Kier molecular flexibility index (Phi) is 8.98. The SMILES string of the molecule is CC(C)(C)OC(=O)N1CCC(Oc2cc(N3CCc4cc(S(=O)(=O)CCOCc5ccccc5)ccc43)ncn2)CC1. The van der Waals surface area contributed by atoms with Crippen molar-refractivity contribution in [1.82, 2.24) is 14.9 Å². The van der Waals surface area contributed by atoms with Crippen LogP contribution in [0, 0.1) is 0 Å². The maximum Gasteiger partial charge on any atom is 0.410 e. The molecule has 2 aromatic carbocycles. The van der Waals surface area contributed by atoms with E-state index < -0.39 is 15.4 Å². The van der Waals surface area contributed by atoms with Crippen LogP contribution in [0.3, 0.4) is 0 Å². The lowest BCUT2D eigenvalue weighted by atomic mass is 10.1. The number of ether oxygens (including phenoxy) is 3. The van der Waals surface area contributed by atoms with Crippen LogP contribution in [-0.2, 0) is 32.3 Å². The maximum atomic E-state index is 13.0. The quantitative estimate of drug-likeness (QED) is 0.318. The fraction of sp³-hybridized carbons (Fsp3) is 0.452. The molecule has 224 valence electrons. The summed E-state index contributed by atoms with van der Waals surface area (Å²) in [6.07, 6.45) is 3.17. The fourth-order valence-electron chi connectivity index (χ4n) is 5.06. The number of aromatic nitrogens is 2. The number of nitrogens with zero attached hydrogens (tertiary/aromatic N) is 4. The van der Waals surface area contributed by atoms with Gasteiger partial charge in [0.15, 0.2) is 9.84 Å². The molecular weight excluding hydrogens is 556 g/mol. The Morgan fingerprint density at radius 1 is 1.00 bits per heavy atom. The topological polar surface area (TPSA) is 111 Å². The minimum absolute atomic E-state index is 0.0678. The van der Waals surface area contributed by atoms with E-state index >= 15 is 0 Å². The predicted molar refractivity (Wildman–Crippen MR) is 159 cm³/mol. The van der Waals surface area contributed by atoms with E-state index in [1.165, 1.54) is 6.33 Å². The monoisotopic (exact) mass is 594 g/mol. The summed E-state index contributed by atoms with van der Waals surface area (Å²) >= 11 is 0. The van der Waals surface area contributed by atoms with Gasteiger partial charge in [0, 0.05) is 44.2 Å². The summed E-state index contributed by atoms with van der Waals surface area (Å²) in [5.74, 6) is 1.08. The molecule has 1 saturated heterocycles. The van der Waals surface area contributed by atoms with E-state index in [-0.39, 0.29) is 24.6 Å². The van der Waals surface area contributed by atoms with E-state index in [1.54, 1.807) is 17.0 Å². The van der Waals surface area contributed by atoms with Crippen LogP contribution in [0.5, 0.6) is 5.88 Å². The summed E-state index contributed by atoms with van der Waals surface area (Å²) in [5, 5.41) is 0. The van der Waals surface area contributed by atoms with Crippen molar-refractivity contribution in [2.45, 2.75) is 63.2 Å². The first-order valence-corrected chi connectivity index (χ1v) is 15.9. The molecule has 0 aliphatic carbocycles. The van der Waals surface area contributed by atoms with E-state index in [9.17, 15) is 13.2 Å². The molecule has 0 unspecified atom stereocenters. The van der Waals surface area contributed by atoms with E-state index in [2.05, 4.69) is 9.97 Å². The van der Waals surface area contributed by atoms with Gasteiger partial charge < -0.3 is 24.0 Å². The van der Waals surface area contributed by atoms with E-state index in [1.807, 2.05) is 68.1 Å². The van der Waals surface area contributed by atoms with Crippen LogP contribution in [0.4, 0.5) is 16.3 Å². The molecule has 42 heavy (non-hydrogen) atoms. The Bertz CT molecular complexity index is 1480. The second-order valence-corrected chi connectivity index (χ2v) is 13.7. The highest BCUT2D eigenvalue weighted by atomic mass is 32.2. The first-order valence-electron chi connectivity index (χ1n) is 14.3. The number of hydrogen-bond acceptors (Lipinski definition) is 9. The Labute approximate surface area is 247 Å². The van der Waals surface area contributed by atoms with Gasteiger partial charge in [-0.05, 0) is 56.5 Å². The predicted octanol–water partition coefficient (Wildman–Crippen LogP) is 4.94. The normalized spacial score (nSPS) is 15.9. The van der Waals surface area contributed by atoms with Gasteiger partial charge in [0.1, 0.15) is 23.9 Å². The van der Waals surface area contributed by atoms with E-state index in [4.69, 9.17) is 14.2 Å². The minimum Gasteiger partial charge on any atom is -0.474 e. The molecule has 0 spiro atoms. The molecular formula is C31H38N4O6S. The van der Waals surface area contributed by atoms with Crippen LogP contribution < -0.4 is 9.64 Å². The third-order valence-electron chi connectivity index (χ3n) is 7.20. The summed E-state index contributed by atoms with van der Waals surface area (Å²) in [6, 6.07) is 16.8. The van der Waals surface area contributed by atoms with Gasteiger partial charge >= 0.3 is 6.09 Å². The van der Waals surface area contributed by atoms with E-state index in [0.717, 1.165) is 16.8 Å². The molecule has 5 rings (SSSR count). The number of amides is 1. The van der Waals surface area contributed by atoms with Crippen molar-refractivity contribution in [2.75, 3.05) is 36.9 Å². The fourth-order valence-corrected chi connectivity index (χ4v) is 6.23. The first-order chi connectivity index (χ1) is 20.1. The van der Waals surface area contributed by atoms with Gasteiger partial charge in [-0.25, -0.2) is 23.2 Å². The summed E-state index contributed by atoms with van der Waals surface area (Å²) < 4.78 is 43.2. The van der Waals surface area contributed by atoms with Gasteiger partial charge in [0.25, 0.3) is 0 Å². The molecule has 3 aromatic rings. The van der Waals surface area contributed by atoms with Crippen molar-refractivity contribution in [3.63, 3.8) is 0 Å². The molecule has 0 saturated carbocycles. The number of anilines is 2. The molecule has 2 aliphatic heterocycles. The molecule has 1 amide bonds. The van der Waals surface area contributed by atoms with Crippen molar-refractivity contribution in [2.24, 2.45) is 0 Å². The van der Waals surface area contributed by atoms with Crippen molar-refractivity contribution in [1.29, 1.82) is 0 Å². The number of benzene rings is 2. The summed E-state index contributed by atoms with van der Waals surface area (Å²) in [5.41, 5.74) is 2.36. The average Bonchev–Trinajstić information content (AvgIpc) is 3.39. The zero-order valence-corrected chi connectivity index (χ0v) is 25.2. The highest BCUT2D eigenvalue weighted by Gasteiger charge is 2.29. The first kappa shape index (κ1) is 29.8. The third kappa shape index (κ3) is 7.57. The Hall–Kier alpha value is -3.70. The highest BCUT2D eigenvalue weighted by Crippen LogP contribution is 2.36. The van der Waals surface area contributed by atoms with Crippen molar-refractivity contribution in [3.8, 4) is 5.88 Å². The molecule has 10 nitrogen and oxygen atoms in total. The standard InChI is InChI=1S/C31H38N4O6S/c1-31(2,3)41-30(36)34-14-12-25(13-15-34)40-29-20-28(32-22-33-29)35-16-11-24-19-26(9-10-27(24)35)42(37,38)18-17-39-21-23-7-5-4-6-8-23/h4-10,19-20,22,25H,11-18,21H2,1-3H3. The smallest absolute Gasteiger partial charge is 0.410 e. The molecule has 0 atom stereocenters. The van der Waals surface area contributed by atoms with Crippen LogP contribution >= 0.6 is 0 Å². The van der Waals surface area contributed by atoms with Crippen molar-refractivity contribution in [3.05, 3.63) is 72.1 Å². The van der Waals surface area contributed by atoms with Gasteiger partial charge in [0.2, 0.25) is 5.88 Å². The second-order valence-electron chi connectivity index (χ2n) is 11.5. The molecule has 0 N–H and O–H groups in total. The Morgan fingerprint density at radius 3 is 2.50 bits per heavy atom. The van der Waals surface area contributed by atoms with Crippen LogP contribution in [-0.4, -0.2) is 73.1 Å². The molecule has 0 bridgehead atoms. The largest absolute Gasteiger partial charge is 0.474 e. The van der Waals surface area contributed by atoms with Crippen molar-refractivity contribution >= 4 is 27.4 Å². The maximum absolute atomic E-state index is 13.0. The lowest BCUT2D eigenvalue weighted by Crippen LogP contribution is -2.44. The molecule has 11 heteroatoms. The van der Waals surface area contributed by atoms with Gasteiger partial charge in [-0.15, -0.1) is 0 Å². The van der Waals surface area contributed by atoms with Crippen LogP contribution in [0.1, 0.15) is 44.7 Å². The Morgan fingerprint density at radius 2 is 1.76 bits per heavy atom. The number of hydrogen-bond donors (Lipinski definition) is 0. The van der Waals surface area contributed by atoms with Crippen LogP contribution in [0.2, 0.25) is 0 Å². The minimum atomic E-state index is -3.48. The molecule has 3 heterocycles. The van der Waals surface area contributed by atoms with Crippen LogP contribution in [0.15, 0.2) is 65.8 Å². The molecule has 1 aromatic heterocycles. The summed E-state index contributed by atoms with van der Waals surface area (Å²) in [6.45, 7) is 7.87. The second kappa shape index (κ2) is 12.7.